The Kier molecular flexibility index (Phi) is 4.66. The Bertz CT molecular complexity index is 581. The second-order valence-electron chi connectivity index (χ2n) is 6.67. The Hall–Kier alpha value is -1.83. The molecule has 0 heterocycles. The molecule has 0 aromatic heterocycles. The molecule has 0 spiro atoms. The van der Waals surface area contributed by atoms with E-state index in [1.54, 1.807) is 0 Å². The summed E-state index contributed by atoms with van der Waals surface area (Å²) in [5, 5.41) is 3.59. The van der Waals surface area contributed by atoms with E-state index in [1.807, 2.05) is 12.1 Å². The maximum absolute atomic E-state index is 12.9. The SMILES string of the molecule is CC(Cc1ccc(F)cc1)Nc1ccccc1C(C)(C)C. The van der Waals surface area contributed by atoms with Crippen molar-refractivity contribution in [2.75, 3.05) is 5.32 Å². The van der Waals surface area contributed by atoms with Crippen LogP contribution in [-0.2, 0) is 11.8 Å². The Balaban J connectivity index is 2.09. The molecule has 1 atom stereocenters. The molecule has 0 bridgehead atoms. The zero-order chi connectivity index (χ0) is 15.5. The van der Waals surface area contributed by atoms with Gasteiger partial charge in [-0.3, -0.25) is 0 Å². The lowest BCUT2D eigenvalue weighted by atomic mass is 9.85. The van der Waals surface area contributed by atoms with Gasteiger partial charge in [-0.2, -0.15) is 0 Å². The van der Waals surface area contributed by atoms with E-state index < -0.39 is 0 Å². The van der Waals surface area contributed by atoms with Gasteiger partial charge in [-0.15, -0.1) is 0 Å². The monoisotopic (exact) mass is 285 g/mol. The van der Waals surface area contributed by atoms with Crippen molar-refractivity contribution in [1.29, 1.82) is 0 Å². The zero-order valence-electron chi connectivity index (χ0n) is 13.3. The molecule has 2 heteroatoms. The van der Waals surface area contributed by atoms with Crippen LogP contribution in [0.25, 0.3) is 0 Å². The average molecular weight is 285 g/mol. The molecular weight excluding hydrogens is 261 g/mol. The minimum absolute atomic E-state index is 0.110. The van der Waals surface area contributed by atoms with Gasteiger partial charge >= 0.3 is 0 Å². The molecule has 0 saturated heterocycles. The van der Waals surface area contributed by atoms with Crippen molar-refractivity contribution in [3.8, 4) is 0 Å². The Morgan fingerprint density at radius 1 is 1.00 bits per heavy atom. The summed E-state index contributed by atoms with van der Waals surface area (Å²) in [6, 6.07) is 15.5. The Morgan fingerprint density at radius 3 is 2.24 bits per heavy atom. The third-order valence-electron chi connectivity index (χ3n) is 3.59. The first-order valence-corrected chi connectivity index (χ1v) is 7.47. The van der Waals surface area contributed by atoms with Crippen molar-refractivity contribution in [3.05, 3.63) is 65.5 Å². The summed E-state index contributed by atoms with van der Waals surface area (Å²) in [6.45, 7) is 8.82. The van der Waals surface area contributed by atoms with Crippen LogP contribution in [0.5, 0.6) is 0 Å². The van der Waals surface area contributed by atoms with E-state index in [-0.39, 0.29) is 11.2 Å². The van der Waals surface area contributed by atoms with Crippen molar-refractivity contribution in [2.45, 2.75) is 45.6 Å². The van der Waals surface area contributed by atoms with Crippen LogP contribution in [0.15, 0.2) is 48.5 Å². The number of halogens is 1. The fourth-order valence-electron chi connectivity index (χ4n) is 2.55. The predicted molar refractivity (Wildman–Crippen MR) is 88.3 cm³/mol. The van der Waals surface area contributed by atoms with Crippen LogP contribution in [0.4, 0.5) is 10.1 Å². The van der Waals surface area contributed by atoms with Gasteiger partial charge in [0.1, 0.15) is 5.82 Å². The lowest BCUT2D eigenvalue weighted by Gasteiger charge is -2.25. The third-order valence-corrected chi connectivity index (χ3v) is 3.59. The quantitative estimate of drug-likeness (QED) is 0.817. The van der Waals surface area contributed by atoms with Crippen molar-refractivity contribution in [1.82, 2.24) is 0 Å². The van der Waals surface area contributed by atoms with Crippen molar-refractivity contribution >= 4 is 5.69 Å². The van der Waals surface area contributed by atoms with Gasteiger partial charge in [0, 0.05) is 11.7 Å². The molecule has 2 aromatic carbocycles. The second-order valence-corrected chi connectivity index (χ2v) is 6.67. The number of benzene rings is 2. The highest BCUT2D eigenvalue weighted by Gasteiger charge is 2.18. The smallest absolute Gasteiger partial charge is 0.123 e. The number of hydrogen-bond acceptors (Lipinski definition) is 1. The van der Waals surface area contributed by atoms with Crippen LogP contribution >= 0.6 is 0 Å². The summed E-state index contributed by atoms with van der Waals surface area (Å²) in [7, 11) is 0. The molecular formula is C19H24FN. The molecule has 0 aliphatic rings. The number of rotatable bonds is 4. The maximum atomic E-state index is 12.9. The van der Waals surface area contributed by atoms with Gasteiger partial charge in [-0.05, 0) is 48.1 Å². The highest BCUT2D eigenvalue weighted by molar-refractivity contribution is 5.54. The molecule has 1 N–H and O–H groups in total. The van der Waals surface area contributed by atoms with Gasteiger partial charge in [-0.1, -0.05) is 51.1 Å². The molecule has 2 aromatic rings. The average Bonchev–Trinajstić information content (AvgIpc) is 2.41. The van der Waals surface area contributed by atoms with E-state index in [0.29, 0.717) is 6.04 Å². The fraction of sp³-hybridized carbons (Fsp3) is 0.368. The summed E-state index contributed by atoms with van der Waals surface area (Å²) in [6.07, 6.45) is 0.874. The Morgan fingerprint density at radius 2 is 1.62 bits per heavy atom. The van der Waals surface area contributed by atoms with Crippen molar-refractivity contribution < 1.29 is 4.39 Å². The fourth-order valence-corrected chi connectivity index (χ4v) is 2.55. The van der Waals surface area contributed by atoms with Gasteiger partial charge in [0.05, 0.1) is 0 Å². The van der Waals surface area contributed by atoms with Crippen LogP contribution in [-0.4, -0.2) is 6.04 Å². The van der Waals surface area contributed by atoms with E-state index in [2.05, 4.69) is 57.3 Å². The summed E-state index contributed by atoms with van der Waals surface area (Å²) in [5.41, 5.74) is 3.75. The van der Waals surface area contributed by atoms with Gasteiger partial charge < -0.3 is 5.32 Å². The van der Waals surface area contributed by atoms with Gasteiger partial charge in [-0.25, -0.2) is 4.39 Å². The van der Waals surface area contributed by atoms with Crippen LogP contribution in [0.1, 0.15) is 38.8 Å². The van der Waals surface area contributed by atoms with E-state index >= 15 is 0 Å². The molecule has 0 amide bonds. The molecule has 112 valence electrons. The van der Waals surface area contributed by atoms with Crippen LogP contribution < -0.4 is 5.32 Å². The lowest BCUT2D eigenvalue weighted by Crippen LogP contribution is -2.22. The minimum atomic E-state index is -0.183. The molecule has 0 aliphatic carbocycles. The first-order valence-electron chi connectivity index (χ1n) is 7.47. The largest absolute Gasteiger partial charge is 0.382 e. The van der Waals surface area contributed by atoms with Crippen LogP contribution in [0, 0.1) is 5.82 Å². The van der Waals surface area contributed by atoms with E-state index in [1.165, 1.54) is 23.4 Å². The second kappa shape index (κ2) is 6.30. The highest BCUT2D eigenvalue weighted by Crippen LogP contribution is 2.29. The van der Waals surface area contributed by atoms with Gasteiger partial charge in [0.2, 0.25) is 0 Å². The lowest BCUT2D eigenvalue weighted by molar-refractivity contribution is 0.590. The van der Waals surface area contributed by atoms with Crippen LogP contribution in [0.2, 0.25) is 0 Å². The van der Waals surface area contributed by atoms with E-state index in [0.717, 1.165) is 12.0 Å². The summed E-state index contributed by atoms with van der Waals surface area (Å²) >= 11 is 0. The first-order chi connectivity index (χ1) is 9.86. The van der Waals surface area contributed by atoms with Gasteiger partial charge in [0.15, 0.2) is 0 Å². The normalized spacial score (nSPS) is 13.0. The maximum Gasteiger partial charge on any atom is 0.123 e. The highest BCUT2D eigenvalue weighted by atomic mass is 19.1. The zero-order valence-corrected chi connectivity index (χ0v) is 13.3. The molecule has 0 aliphatic heterocycles. The molecule has 1 nitrogen and oxygen atoms in total. The van der Waals surface area contributed by atoms with Gasteiger partial charge in [0.25, 0.3) is 0 Å². The molecule has 21 heavy (non-hydrogen) atoms. The number of nitrogens with one attached hydrogen (secondary N) is 1. The first kappa shape index (κ1) is 15.6. The summed E-state index contributed by atoms with van der Waals surface area (Å²) in [5.74, 6) is -0.183. The Labute approximate surface area is 127 Å². The number of para-hydroxylation sites is 1. The molecule has 2 rings (SSSR count). The van der Waals surface area contributed by atoms with Crippen molar-refractivity contribution in [3.63, 3.8) is 0 Å². The third kappa shape index (κ3) is 4.32. The van der Waals surface area contributed by atoms with Crippen LogP contribution in [0.3, 0.4) is 0 Å². The van der Waals surface area contributed by atoms with E-state index in [9.17, 15) is 4.39 Å². The predicted octanol–water partition coefficient (Wildman–Crippen LogP) is 5.17. The van der Waals surface area contributed by atoms with Crippen molar-refractivity contribution in [2.24, 2.45) is 0 Å². The topological polar surface area (TPSA) is 12.0 Å². The number of hydrogen-bond donors (Lipinski definition) is 1. The molecule has 1 unspecified atom stereocenters. The molecule has 0 saturated carbocycles. The summed E-state index contributed by atoms with van der Waals surface area (Å²) < 4.78 is 12.9. The minimum Gasteiger partial charge on any atom is -0.382 e. The van der Waals surface area contributed by atoms with E-state index in [4.69, 9.17) is 0 Å². The molecule has 0 radical (unpaired) electrons. The standard InChI is InChI=1S/C19H24FN/c1-14(13-15-9-11-16(20)12-10-15)21-18-8-6-5-7-17(18)19(2,3)4/h5-12,14,21H,13H2,1-4H3. The summed E-state index contributed by atoms with van der Waals surface area (Å²) in [4.78, 5) is 0. The number of anilines is 1. The molecule has 0 fully saturated rings.